The molecule has 2 aliphatic heterocycles. The molecule has 2 aliphatic rings. The molecule has 2 aromatic heterocycles. The first-order valence-corrected chi connectivity index (χ1v) is 27.6. The van der Waals surface area contributed by atoms with E-state index >= 15 is 0 Å². The smallest absolute Gasteiger partial charge is 0.252 e. The second kappa shape index (κ2) is 16.5. The summed E-state index contributed by atoms with van der Waals surface area (Å²) in [6.07, 6.45) is 1.94. The molecule has 0 aliphatic carbocycles. The lowest BCUT2D eigenvalue weighted by Crippen LogP contribution is -2.62. The van der Waals surface area contributed by atoms with Crippen molar-refractivity contribution < 1.29 is 4.42 Å². The summed E-state index contributed by atoms with van der Waals surface area (Å²) in [7, 11) is -1.36. The van der Waals surface area contributed by atoms with Crippen LogP contribution < -0.4 is 36.3 Å². The second-order valence-electron chi connectivity index (χ2n) is 21.5. The van der Waals surface area contributed by atoms with E-state index in [9.17, 15) is 0 Å². The van der Waals surface area contributed by atoms with Gasteiger partial charge in [-0.15, -0.1) is 0 Å². The second-order valence-corrected chi connectivity index (χ2v) is 24.5. The minimum absolute atomic E-state index is 0.0145. The Kier molecular flexibility index (Phi) is 10.3. The maximum absolute atomic E-state index is 6.13. The fraction of sp³-hybridized carbons (Fsp3) is 0.159. The number of rotatable bonds is 7. The van der Waals surface area contributed by atoms with E-state index in [2.05, 4.69) is 245 Å². The predicted octanol–water partition coefficient (Wildman–Crippen LogP) is 14.5. The first-order valence-electron chi connectivity index (χ1n) is 24.8. The van der Waals surface area contributed by atoms with Crippen LogP contribution in [-0.4, -0.2) is 20.5 Å². The zero-order valence-electron chi connectivity index (χ0n) is 41.3. The van der Waals surface area contributed by atoms with Gasteiger partial charge in [0.2, 0.25) is 5.71 Å². The first kappa shape index (κ1) is 43.7. The number of hydrogen-bond acceptors (Lipinski definition) is 5. The van der Waals surface area contributed by atoms with Crippen LogP contribution in [0.2, 0.25) is 13.1 Å². The molecule has 7 heteroatoms. The van der Waals surface area contributed by atoms with Gasteiger partial charge in [0.25, 0.3) is 6.71 Å². The zero-order valence-corrected chi connectivity index (χ0v) is 42.5. The van der Waals surface area contributed by atoms with Gasteiger partial charge in [0.1, 0.15) is 5.58 Å². The van der Waals surface area contributed by atoms with Gasteiger partial charge in [-0.3, -0.25) is 0 Å². The molecule has 12 rings (SSSR count). The highest BCUT2D eigenvalue weighted by molar-refractivity contribution is 7.00. The molecular formula is C63H57BN4OSi. The van der Waals surface area contributed by atoms with Crippen molar-refractivity contribution in [2.45, 2.75) is 65.5 Å². The van der Waals surface area contributed by atoms with Gasteiger partial charge < -0.3 is 19.1 Å². The third-order valence-electron chi connectivity index (χ3n) is 14.6. The molecule has 342 valence electrons. The number of aromatic nitrogens is 1. The fourth-order valence-corrected chi connectivity index (χ4v) is 11.8. The van der Waals surface area contributed by atoms with Gasteiger partial charge in [-0.1, -0.05) is 157 Å². The summed E-state index contributed by atoms with van der Waals surface area (Å²) < 4.78 is 6.13. The van der Waals surface area contributed by atoms with Crippen molar-refractivity contribution in [3.8, 4) is 11.1 Å². The Morgan fingerprint density at radius 1 is 0.486 bits per heavy atom. The topological polar surface area (TPSA) is 35.8 Å². The molecule has 0 saturated carbocycles. The number of anilines is 9. The highest BCUT2D eigenvalue weighted by Gasteiger charge is 2.44. The Bertz CT molecular complexity index is 3570. The Morgan fingerprint density at radius 3 is 1.70 bits per heavy atom. The van der Waals surface area contributed by atoms with Crippen molar-refractivity contribution in [1.29, 1.82) is 0 Å². The fourth-order valence-electron chi connectivity index (χ4n) is 10.8. The van der Waals surface area contributed by atoms with Gasteiger partial charge in [0, 0.05) is 73.7 Å². The average Bonchev–Trinajstić information content (AvgIpc) is 3.74. The van der Waals surface area contributed by atoms with Crippen LogP contribution in [0.1, 0.15) is 52.7 Å². The average molecular weight is 925 g/mol. The van der Waals surface area contributed by atoms with E-state index in [1.807, 2.05) is 18.3 Å². The molecule has 4 heterocycles. The standard InChI is InChI=1S/C63H57BN4OSi/c1-62(2,3)43-25-30-48(31-26-43)67-55-34-27-44(63(4,5)6)36-54(55)64-53-33-32-49(66(45-17-11-9-12-18-45)46-19-13-10-14-20-46)37-56(53)68(58-39-50(70(7)8)38-57(67)60(58)64)47-28-23-41(24-29-47)42-35-52-51-21-15-16-22-59(51)69-61(52)65-40-42/h9-40,70H,1-8H3. The van der Waals surface area contributed by atoms with Crippen LogP contribution in [0, 0.1) is 0 Å². The van der Waals surface area contributed by atoms with Gasteiger partial charge in [-0.2, -0.15) is 0 Å². The molecule has 0 radical (unpaired) electrons. The monoisotopic (exact) mass is 924 g/mol. The highest BCUT2D eigenvalue weighted by atomic mass is 28.3. The SMILES string of the molecule is C[SiH](C)c1cc2c3c(c1)N(c1ccc(-c4cnc5oc6ccccc6c5c4)cc1)c1cc(N(c4ccccc4)c4ccccc4)ccc1B3c1cc(C(C)(C)C)ccc1N2c1ccc(C(C)(C)C)cc1. The van der Waals surface area contributed by atoms with Crippen LogP contribution in [0.15, 0.2) is 199 Å². The van der Waals surface area contributed by atoms with Crippen LogP contribution in [0.25, 0.3) is 33.2 Å². The third kappa shape index (κ3) is 7.34. The number of hydrogen-bond donors (Lipinski definition) is 0. The number of para-hydroxylation sites is 3. The van der Waals surface area contributed by atoms with Crippen LogP contribution in [0.4, 0.5) is 51.2 Å². The van der Waals surface area contributed by atoms with E-state index in [0.717, 1.165) is 50.2 Å². The molecule has 0 amide bonds. The number of pyridine rings is 1. The Morgan fingerprint density at radius 2 is 1.07 bits per heavy atom. The van der Waals surface area contributed by atoms with E-state index < -0.39 is 8.80 Å². The van der Waals surface area contributed by atoms with Gasteiger partial charge in [-0.05, 0) is 135 Å². The number of nitrogens with zero attached hydrogens (tertiary/aromatic N) is 4. The predicted molar refractivity (Wildman–Crippen MR) is 302 cm³/mol. The molecule has 0 saturated heterocycles. The summed E-state index contributed by atoms with van der Waals surface area (Å²) in [5.74, 6) is 0. The molecule has 10 aromatic rings. The molecule has 0 spiro atoms. The van der Waals surface area contributed by atoms with Crippen LogP contribution in [0.3, 0.4) is 0 Å². The molecule has 5 nitrogen and oxygen atoms in total. The van der Waals surface area contributed by atoms with E-state index in [-0.39, 0.29) is 17.5 Å². The Labute approximate surface area is 414 Å². The lowest BCUT2D eigenvalue weighted by atomic mass is 9.33. The minimum atomic E-state index is -1.36. The largest absolute Gasteiger partial charge is 0.438 e. The van der Waals surface area contributed by atoms with Crippen LogP contribution in [0.5, 0.6) is 0 Å². The lowest BCUT2D eigenvalue weighted by molar-refractivity contribution is 0.590. The molecule has 0 fully saturated rings. The van der Waals surface area contributed by atoms with Crippen molar-refractivity contribution >= 4 is 110 Å². The van der Waals surface area contributed by atoms with E-state index in [1.165, 1.54) is 61.1 Å². The van der Waals surface area contributed by atoms with Crippen molar-refractivity contribution in [2.24, 2.45) is 0 Å². The van der Waals surface area contributed by atoms with E-state index in [1.54, 1.807) is 0 Å². The Hall–Kier alpha value is -7.61. The van der Waals surface area contributed by atoms with Crippen molar-refractivity contribution in [3.63, 3.8) is 0 Å². The summed E-state index contributed by atoms with van der Waals surface area (Å²) in [5.41, 5.74) is 20.8. The summed E-state index contributed by atoms with van der Waals surface area (Å²) in [6, 6.07) is 70.0. The quantitative estimate of drug-likeness (QED) is 0.149. The maximum atomic E-state index is 6.13. The molecule has 0 bridgehead atoms. The van der Waals surface area contributed by atoms with Crippen molar-refractivity contribution in [2.75, 3.05) is 14.7 Å². The zero-order chi connectivity index (χ0) is 48.1. The molecular weight excluding hydrogens is 868 g/mol. The van der Waals surface area contributed by atoms with Gasteiger partial charge in [0.15, 0.2) is 0 Å². The van der Waals surface area contributed by atoms with Crippen LogP contribution in [-0.2, 0) is 10.8 Å². The van der Waals surface area contributed by atoms with E-state index in [0.29, 0.717) is 5.71 Å². The summed E-state index contributed by atoms with van der Waals surface area (Å²) in [5, 5.41) is 3.53. The Balaban J connectivity index is 1.11. The molecule has 70 heavy (non-hydrogen) atoms. The molecule has 0 unspecified atom stereocenters. The highest BCUT2D eigenvalue weighted by Crippen LogP contribution is 2.47. The third-order valence-corrected chi connectivity index (χ3v) is 16.2. The molecule has 0 N–H and O–H groups in total. The number of furan rings is 1. The lowest BCUT2D eigenvalue weighted by Gasteiger charge is -2.45. The number of fused-ring (bicyclic) bond motifs is 7. The summed E-state index contributed by atoms with van der Waals surface area (Å²) in [4.78, 5) is 12.3. The minimum Gasteiger partial charge on any atom is -0.438 e. The van der Waals surface area contributed by atoms with Gasteiger partial charge in [-0.25, -0.2) is 4.98 Å². The first-order chi connectivity index (χ1) is 33.8. The van der Waals surface area contributed by atoms with Crippen molar-refractivity contribution in [1.82, 2.24) is 4.98 Å². The molecule has 0 atom stereocenters. The van der Waals surface area contributed by atoms with Gasteiger partial charge >= 0.3 is 0 Å². The maximum Gasteiger partial charge on any atom is 0.252 e. The normalized spacial score (nSPS) is 13.2. The number of benzene rings is 8. The van der Waals surface area contributed by atoms with E-state index in [4.69, 9.17) is 9.40 Å². The van der Waals surface area contributed by atoms with Crippen LogP contribution >= 0.6 is 0 Å². The van der Waals surface area contributed by atoms with Gasteiger partial charge in [0.05, 0.1) is 8.80 Å². The summed E-state index contributed by atoms with van der Waals surface area (Å²) >= 11 is 0. The summed E-state index contributed by atoms with van der Waals surface area (Å²) in [6.45, 7) is 18.8. The molecule has 8 aromatic carbocycles. The van der Waals surface area contributed by atoms with Crippen molar-refractivity contribution in [3.05, 3.63) is 205 Å².